The fourth-order valence-electron chi connectivity index (χ4n) is 9.25. The molecule has 0 bridgehead atoms. The summed E-state index contributed by atoms with van der Waals surface area (Å²) in [4.78, 5) is 0. The summed E-state index contributed by atoms with van der Waals surface area (Å²) in [6.07, 6.45) is 0. The highest BCUT2D eigenvalue weighted by Gasteiger charge is 2.46. The van der Waals surface area contributed by atoms with Crippen molar-refractivity contribution in [1.82, 2.24) is 9.13 Å². The lowest BCUT2D eigenvalue weighted by atomic mass is 9.67. The van der Waals surface area contributed by atoms with Gasteiger partial charge in [-0.15, -0.1) is 0 Å². The van der Waals surface area contributed by atoms with Gasteiger partial charge in [-0.05, 0) is 75.3 Å². The predicted molar refractivity (Wildman–Crippen MR) is 220 cm³/mol. The molecule has 2 heteroatoms. The Morgan fingerprint density at radius 1 is 0.358 bits per heavy atom. The molecular weight excluding hydrogens is 641 g/mol. The molecule has 1 aliphatic rings. The Labute approximate surface area is 308 Å². The van der Waals surface area contributed by atoms with Gasteiger partial charge in [-0.1, -0.05) is 170 Å². The fraction of sp³-hybridized carbons (Fsp3) is 0.0196. The first-order chi connectivity index (χ1) is 26.3. The third kappa shape index (κ3) is 4.21. The van der Waals surface area contributed by atoms with Gasteiger partial charge >= 0.3 is 0 Å². The monoisotopic (exact) mass is 674 g/mol. The lowest BCUT2D eigenvalue weighted by Gasteiger charge is -2.34. The number of nitrogens with zero attached hydrogens (tertiary/aromatic N) is 2. The molecule has 0 radical (unpaired) electrons. The van der Waals surface area contributed by atoms with Gasteiger partial charge in [-0.25, -0.2) is 0 Å². The SMILES string of the molecule is c1ccc(-c2cc3ccc4c5ccccc5n(-c5ccc6c(c5)C(c5ccccc5)(c5ccccc5)c5ccccc5-6)c4c3n2-c2ccccc2)cc1. The molecule has 0 amide bonds. The molecule has 2 aromatic heterocycles. The van der Waals surface area contributed by atoms with Crippen LogP contribution in [0.1, 0.15) is 22.3 Å². The molecule has 2 nitrogen and oxygen atoms in total. The molecule has 0 aliphatic heterocycles. The van der Waals surface area contributed by atoms with E-state index in [0.29, 0.717) is 0 Å². The largest absolute Gasteiger partial charge is 0.307 e. The van der Waals surface area contributed by atoms with Crippen molar-refractivity contribution in [2.24, 2.45) is 0 Å². The van der Waals surface area contributed by atoms with Crippen LogP contribution in [0.5, 0.6) is 0 Å². The highest BCUT2D eigenvalue weighted by Crippen LogP contribution is 2.56. The molecular formula is C51H34N2. The molecule has 0 atom stereocenters. The first-order valence-electron chi connectivity index (χ1n) is 18.4. The van der Waals surface area contributed by atoms with Crippen molar-refractivity contribution in [3.63, 3.8) is 0 Å². The van der Waals surface area contributed by atoms with Crippen LogP contribution in [0.4, 0.5) is 0 Å². The molecule has 2 heterocycles. The number of benzene rings is 8. The Kier molecular flexibility index (Phi) is 6.50. The zero-order chi connectivity index (χ0) is 34.9. The normalized spacial score (nSPS) is 13.1. The first kappa shape index (κ1) is 29.8. The summed E-state index contributed by atoms with van der Waals surface area (Å²) >= 11 is 0. The van der Waals surface area contributed by atoms with Gasteiger partial charge in [0.1, 0.15) is 0 Å². The maximum atomic E-state index is 2.52. The summed E-state index contributed by atoms with van der Waals surface area (Å²) in [6.45, 7) is 0. The van der Waals surface area contributed by atoms with Gasteiger partial charge in [0.25, 0.3) is 0 Å². The number of hydrogen-bond acceptors (Lipinski definition) is 0. The summed E-state index contributed by atoms with van der Waals surface area (Å²) in [6, 6.07) is 75.8. The Morgan fingerprint density at radius 3 is 1.70 bits per heavy atom. The maximum Gasteiger partial charge on any atom is 0.0788 e. The smallest absolute Gasteiger partial charge is 0.0788 e. The molecule has 1 aliphatic carbocycles. The minimum Gasteiger partial charge on any atom is -0.307 e. The molecule has 8 aromatic carbocycles. The second kappa shape index (κ2) is 11.6. The van der Waals surface area contributed by atoms with E-state index in [9.17, 15) is 0 Å². The number of fused-ring (bicyclic) bond motifs is 8. The van der Waals surface area contributed by atoms with Crippen LogP contribution in [0.2, 0.25) is 0 Å². The molecule has 0 spiro atoms. The van der Waals surface area contributed by atoms with Gasteiger partial charge < -0.3 is 9.13 Å². The maximum absolute atomic E-state index is 2.52. The number of rotatable bonds is 5. The molecule has 0 saturated heterocycles. The zero-order valence-electron chi connectivity index (χ0n) is 29.0. The number of para-hydroxylation sites is 2. The molecule has 11 rings (SSSR count). The van der Waals surface area contributed by atoms with Gasteiger partial charge in [0.15, 0.2) is 0 Å². The minimum absolute atomic E-state index is 0.483. The summed E-state index contributed by atoms with van der Waals surface area (Å²) in [7, 11) is 0. The van der Waals surface area contributed by atoms with E-state index in [1.165, 1.54) is 77.3 Å². The molecule has 0 fully saturated rings. The Hall–Kier alpha value is -6.90. The van der Waals surface area contributed by atoms with E-state index in [1.807, 2.05) is 0 Å². The summed E-state index contributed by atoms with van der Waals surface area (Å²) in [5, 5.41) is 3.69. The van der Waals surface area contributed by atoms with Gasteiger partial charge in [-0.3, -0.25) is 0 Å². The molecule has 53 heavy (non-hydrogen) atoms. The Morgan fingerprint density at radius 2 is 0.962 bits per heavy atom. The second-order valence-electron chi connectivity index (χ2n) is 14.1. The molecule has 248 valence electrons. The second-order valence-corrected chi connectivity index (χ2v) is 14.1. The summed E-state index contributed by atoms with van der Waals surface area (Å²) in [5.41, 5.74) is 15.5. The van der Waals surface area contributed by atoms with E-state index in [1.54, 1.807) is 0 Å². The van der Waals surface area contributed by atoms with Crippen LogP contribution in [-0.2, 0) is 5.41 Å². The summed E-state index contributed by atoms with van der Waals surface area (Å²) in [5.74, 6) is 0. The third-order valence-corrected chi connectivity index (χ3v) is 11.4. The van der Waals surface area contributed by atoms with Crippen LogP contribution in [0.3, 0.4) is 0 Å². The third-order valence-electron chi connectivity index (χ3n) is 11.4. The lowest BCUT2D eigenvalue weighted by molar-refractivity contribution is 0.767. The van der Waals surface area contributed by atoms with Crippen molar-refractivity contribution < 1.29 is 0 Å². The van der Waals surface area contributed by atoms with Crippen molar-refractivity contribution in [2.45, 2.75) is 5.41 Å². The Bertz CT molecular complexity index is 2930. The highest BCUT2D eigenvalue weighted by molar-refractivity contribution is 6.19. The molecule has 0 N–H and O–H groups in total. The topological polar surface area (TPSA) is 9.86 Å². The van der Waals surface area contributed by atoms with Crippen molar-refractivity contribution in [3.8, 4) is 33.8 Å². The minimum atomic E-state index is -0.483. The van der Waals surface area contributed by atoms with E-state index >= 15 is 0 Å². The summed E-state index contributed by atoms with van der Waals surface area (Å²) < 4.78 is 4.98. The van der Waals surface area contributed by atoms with E-state index < -0.39 is 5.41 Å². The average Bonchev–Trinajstić information content (AvgIpc) is 3.89. The fourth-order valence-corrected chi connectivity index (χ4v) is 9.25. The van der Waals surface area contributed by atoms with Crippen molar-refractivity contribution in [2.75, 3.05) is 0 Å². The molecule has 0 unspecified atom stereocenters. The van der Waals surface area contributed by atoms with Crippen LogP contribution in [0, 0.1) is 0 Å². The standard InChI is InChI=1S/C51H34N2/c1-5-17-35(18-6-1)48-33-36-29-31-44-43-26-14-16-28-47(43)53(50(44)49(36)52(48)39-23-11-4-12-24-39)40-30-32-42-41-25-13-15-27-45(41)51(46(42)34-40,37-19-7-2-8-20-37)38-21-9-3-10-22-38/h1-34H. The van der Waals surface area contributed by atoms with Crippen LogP contribution >= 0.6 is 0 Å². The first-order valence-corrected chi connectivity index (χ1v) is 18.4. The van der Waals surface area contributed by atoms with Crippen LogP contribution in [0.25, 0.3) is 66.5 Å². The lowest BCUT2D eigenvalue weighted by Crippen LogP contribution is -2.28. The zero-order valence-corrected chi connectivity index (χ0v) is 29.0. The van der Waals surface area contributed by atoms with Crippen LogP contribution < -0.4 is 0 Å². The van der Waals surface area contributed by atoms with Crippen LogP contribution in [-0.4, -0.2) is 9.13 Å². The van der Waals surface area contributed by atoms with Crippen molar-refractivity contribution >= 4 is 32.7 Å². The van der Waals surface area contributed by atoms with Gasteiger partial charge in [0.05, 0.1) is 27.7 Å². The van der Waals surface area contributed by atoms with E-state index in [2.05, 4.69) is 215 Å². The van der Waals surface area contributed by atoms with E-state index in [4.69, 9.17) is 0 Å². The highest BCUT2D eigenvalue weighted by atomic mass is 15.0. The van der Waals surface area contributed by atoms with Gasteiger partial charge in [0, 0.05) is 27.5 Å². The van der Waals surface area contributed by atoms with E-state index in [0.717, 1.165) is 11.4 Å². The Balaban J connectivity index is 1.28. The number of aromatic nitrogens is 2. The number of hydrogen-bond donors (Lipinski definition) is 0. The molecule has 10 aromatic rings. The predicted octanol–water partition coefficient (Wildman–Crippen LogP) is 12.8. The van der Waals surface area contributed by atoms with Crippen LogP contribution in [0.15, 0.2) is 206 Å². The quantitative estimate of drug-likeness (QED) is 0.172. The van der Waals surface area contributed by atoms with Gasteiger partial charge in [-0.2, -0.15) is 0 Å². The van der Waals surface area contributed by atoms with E-state index in [-0.39, 0.29) is 0 Å². The average molecular weight is 675 g/mol. The van der Waals surface area contributed by atoms with Crippen molar-refractivity contribution in [1.29, 1.82) is 0 Å². The molecule has 0 saturated carbocycles. The van der Waals surface area contributed by atoms with Crippen molar-refractivity contribution in [3.05, 3.63) is 229 Å². The van der Waals surface area contributed by atoms with Gasteiger partial charge in [0.2, 0.25) is 0 Å².